The fourth-order valence-corrected chi connectivity index (χ4v) is 2.98. The molecule has 2 aromatic rings. The molecule has 1 aromatic heterocycles. The summed E-state index contributed by atoms with van der Waals surface area (Å²) in [5.41, 5.74) is 2.55. The van der Waals surface area contributed by atoms with Gasteiger partial charge in [-0.15, -0.1) is 0 Å². The number of aromatic nitrogens is 1. The third-order valence-electron chi connectivity index (χ3n) is 4.14. The lowest BCUT2D eigenvalue weighted by molar-refractivity contribution is -0.383. The third kappa shape index (κ3) is 3.08. The Balaban J connectivity index is 1.78. The molecule has 5 nitrogen and oxygen atoms in total. The van der Waals surface area contributed by atoms with E-state index in [1.807, 2.05) is 6.07 Å². The predicted octanol–water partition coefficient (Wildman–Crippen LogP) is 4.45. The van der Waals surface area contributed by atoms with Gasteiger partial charge in [-0.05, 0) is 44.2 Å². The molecule has 0 fully saturated rings. The number of rotatable bonds is 5. The van der Waals surface area contributed by atoms with E-state index in [0.717, 1.165) is 24.0 Å². The molecule has 5 heteroatoms. The lowest BCUT2D eigenvalue weighted by atomic mass is 9.97. The first-order chi connectivity index (χ1) is 10.8. The van der Waals surface area contributed by atoms with Crippen LogP contribution in [0.25, 0.3) is 10.8 Å². The van der Waals surface area contributed by atoms with Crippen LogP contribution in [0.2, 0.25) is 0 Å². The van der Waals surface area contributed by atoms with Crippen molar-refractivity contribution in [3.8, 4) is 0 Å². The van der Waals surface area contributed by atoms with Crippen LogP contribution in [0.4, 0.5) is 11.4 Å². The Kier molecular flexibility index (Phi) is 4.32. The van der Waals surface area contributed by atoms with Crippen LogP contribution in [0.15, 0.2) is 42.2 Å². The number of nitro benzene ring substituents is 1. The largest absolute Gasteiger partial charge is 0.384 e. The number of nitrogens with one attached hydrogen (secondary N) is 1. The van der Waals surface area contributed by atoms with Crippen molar-refractivity contribution in [2.75, 3.05) is 11.9 Å². The second kappa shape index (κ2) is 6.56. The second-order valence-electron chi connectivity index (χ2n) is 5.60. The Morgan fingerprint density at radius 1 is 1.23 bits per heavy atom. The standard InChI is InChI=1S/C17H19N3O2/c21-20(22)17-7-6-16(14-9-10-18-12-15(14)17)19-11-8-13-4-2-1-3-5-13/h4,6-7,9-10,12,19H,1-3,5,8,11H2. The number of fused-ring (bicyclic) bond motifs is 1. The minimum absolute atomic E-state index is 0.101. The van der Waals surface area contributed by atoms with Crippen LogP contribution in [0.3, 0.4) is 0 Å². The number of benzene rings is 1. The van der Waals surface area contributed by atoms with Crippen molar-refractivity contribution in [1.82, 2.24) is 4.98 Å². The number of nitro groups is 1. The maximum Gasteiger partial charge on any atom is 0.278 e. The van der Waals surface area contributed by atoms with Crippen LogP contribution in [0.5, 0.6) is 0 Å². The van der Waals surface area contributed by atoms with Crippen molar-refractivity contribution >= 4 is 22.1 Å². The van der Waals surface area contributed by atoms with E-state index in [2.05, 4.69) is 16.4 Å². The van der Waals surface area contributed by atoms with Crippen molar-refractivity contribution in [2.24, 2.45) is 0 Å². The van der Waals surface area contributed by atoms with Crippen molar-refractivity contribution in [3.63, 3.8) is 0 Å². The maximum atomic E-state index is 11.1. The first-order valence-corrected chi connectivity index (χ1v) is 7.68. The normalized spacial score (nSPS) is 14.6. The summed E-state index contributed by atoms with van der Waals surface area (Å²) < 4.78 is 0. The number of nitrogens with zero attached hydrogens (tertiary/aromatic N) is 2. The van der Waals surface area contributed by atoms with E-state index in [9.17, 15) is 10.1 Å². The predicted molar refractivity (Wildman–Crippen MR) is 88.1 cm³/mol. The van der Waals surface area contributed by atoms with Crippen molar-refractivity contribution in [3.05, 3.63) is 52.4 Å². The average Bonchev–Trinajstić information content (AvgIpc) is 2.55. The summed E-state index contributed by atoms with van der Waals surface area (Å²) in [7, 11) is 0. The van der Waals surface area contributed by atoms with Crippen LogP contribution in [-0.4, -0.2) is 16.5 Å². The number of allylic oxidation sites excluding steroid dienone is 1. The molecular weight excluding hydrogens is 278 g/mol. The topological polar surface area (TPSA) is 68.1 Å². The Labute approximate surface area is 129 Å². The van der Waals surface area contributed by atoms with E-state index in [1.54, 1.807) is 24.5 Å². The molecule has 1 N–H and O–H groups in total. The van der Waals surface area contributed by atoms with Gasteiger partial charge in [-0.2, -0.15) is 0 Å². The Morgan fingerprint density at radius 3 is 2.91 bits per heavy atom. The minimum Gasteiger partial charge on any atom is -0.384 e. The van der Waals surface area contributed by atoms with Gasteiger partial charge in [0.1, 0.15) is 0 Å². The van der Waals surface area contributed by atoms with Gasteiger partial charge in [0.25, 0.3) is 5.69 Å². The Bertz CT molecular complexity index is 725. The van der Waals surface area contributed by atoms with Gasteiger partial charge in [0.15, 0.2) is 0 Å². The molecule has 1 aliphatic rings. The van der Waals surface area contributed by atoms with Gasteiger partial charge < -0.3 is 5.32 Å². The van der Waals surface area contributed by atoms with E-state index in [0.29, 0.717) is 5.39 Å². The van der Waals surface area contributed by atoms with Crippen molar-refractivity contribution in [1.29, 1.82) is 0 Å². The fourth-order valence-electron chi connectivity index (χ4n) is 2.98. The molecule has 0 saturated carbocycles. The van der Waals surface area contributed by atoms with Crippen LogP contribution in [-0.2, 0) is 0 Å². The molecule has 1 aromatic carbocycles. The van der Waals surface area contributed by atoms with Gasteiger partial charge in [-0.1, -0.05) is 11.6 Å². The van der Waals surface area contributed by atoms with E-state index < -0.39 is 0 Å². The molecule has 0 spiro atoms. The summed E-state index contributed by atoms with van der Waals surface area (Å²) in [6.45, 7) is 0.848. The average molecular weight is 297 g/mol. The molecule has 0 bridgehead atoms. The van der Waals surface area contributed by atoms with E-state index in [4.69, 9.17) is 0 Å². The number of pyridine rings is 1. The molecule has 22 heavy (non-hydrogen) atoms. The minimum atomic E-state index is -0.360. The third-order valence-corrected chi connectivity index (χ3v) is 4.14. The summed E-state index contributed by atoms with van der Waals surface area (Å²) in [5.74, 6) is 0. The first-order valence-electron chi connectivity index (χ1n) is 7.68. The zero-order valence-corrected chi connectivity index (χ0v) is 12.4. The molecule has 0 atom stereocenters. The number of hydrogen-bond donors (Lipinski definition) is 1. The fraction of sp³-hybridized carbons (Fsp3) is 0.353. The summed E-state index contributed by atoms with van der Waals surface area (Å²) in [6, 6.07) is 5.16. The quantitative estimate of drug-likeness (QED) is 0.503. The summed E-state index contributed by atoms with van der Waals surface area (Å²) in [5, 5.41) is 15.9. The summed E-state index contributed by atoms with van der Waals surface area (Å²) in [6.07, 6.45) is 11.6. The molecular formula is C17H19N3O2. The lowest BCUT2D eigenvalue weighted by Gasteiger charge is -2.14. The highest BCUT2D eigenvalue weighted by atomic mass is 16.6. The molecule has 1 aliphatic carbocycles. The van der Waals surface area contributed by atoms with Crippen LogP contribution < -0.4 is 5.32 Å². The second-order valence-corrected chi connectivity index (χ2v) is 5.60. The highest BCUT2D eigenvalue weighted by molar-refractivity contribution is 5.99. The van der Waals surface area contributed by atoms with Crippen molar-refractivity contribution < 1.29 is 4.92 Å². The molecule has 3 rings (SSSR count). The monoisotopic (exact) mass is 297 g/mol. The highest BCUT2D eigenvalue weighted by Gasteiger charge is 2.14. The molecule has 0 amide bonds. The molecule has 114 valence electrons. The number of non-ortho nitro benzene ring substituents is 1. The Morgan fingerprint density at radius 2 is 2.14 bits per heavy atom. The summed E-state index contributed by atoms with van der Waals surface area (Å²) in [4.78, 5) is 14.7. The number of anilines is 1. The number of hydrogen-bond acceptors (Lipinski definition) is 4. The Hall–Kier alpha value is -2.43. The van der Waals surface area contributed by atoms with E-state index >= 15 is 0 Å². The first kappa shape index (κ1) is 14.5. The van der Waals surface area contributed by atoms with Gasteiger partial charge >= 0.3 is 0 Å². The van der Waals surface area contributed by atoms with E-state index in [1.165, 1.54) is 31.3 Å². The lowest BCUT2D eigenvalue weighted by Crippen LogP contribution is -2.05. The zero-order chi connectivity index (χ0) is 15.4. The van der Waals surface area contributed by atoms with Crippen molar-refractivity contribution in [2.45, 2.75) is 32.1 Å². The highest BCUT2D eigenvalue weighted by Crippen LogP contribution is 2.30. The molecule has 0 saturated heterocycles. The van der Waals surface area contributed by atoms with Gasteiger partial charge in [-0.25, -0.2) is 0 Å². The van der Waals surface area contributed by atoms with Gasteiger partial charge in [-0.3, -0.25) is 15.1 Å². The van der Waals surface area contributed by atoms with Gasteiger partial charge in [0.05, 0.1) is 10.3 Å². The maximum absolute atomic E-state index is 11.1. The smallest absolute Gasteiger partial charge is 0.278 e. The SMILES string of the molecule is O=[N+]([O-])c1ccc(NCCC2=CCCCC2)c2ccncc12. The summed E-state index contributed by atoms with van der Waals surface area (Å²) >= 11 is 0. The van der Waals surface area contributed by atoms with Crippen LogP contribution in [0.1, 0.15) is 32.1 Å². The van der Waals surface area contributed by atoms with Gasteiger partial charge in [0.2, 0.25) is 0 Å². The van der Waals surface area contributed by atoms with E-state index in [-0.39, 0.29) is 10.6 Å². The van der Waals surface area contributed by atoms with Crippen LogP contribution >= 0.6 is 0 Å². The van der Waals surface area contributed by atoms with Gasteiger partial charge in [0, 0.05) is 36.1 Å². The molecule has 0 unspecified atom stereocenters. The zero-order valence-electron chi connectivity index (χ0n) is 12.4. The van der Waals surface area contributed by atoms with Crippen LogP contribution in [0, 0.1) is 10.1 Å². The molecule has 1 heterocycles. The molecule has 0 aliphatic heterocycles. The molecule has 0 radical (unpaired) electrons.